The van der Waals surface area contributed by atoms with Crippen molar-refractivity contribution < 1.29 is 13.2 Å². The molecule has 0 bridgehead atoms. The lowest BCUT2D eigenvalue weighted by molar-refractivity contribution is 0.188. The highest BCUT2D eigenvalue weighted by molar-refractivity contribution is 7.91. The molecule has 1 aromatic carbocycles. The molecule has 1 aromatic heterocycles. The van der Waals surface area contributed by atoms with Crippen LogP contribution in [0.25, 0.3) is 11.0 Å². The van der Waals surface area contributed by atoms with Gasteiger partial charge in [-0.3, -0.25) is 0 Å². The van der Waals surface area contributed by atoms with E-state index in [-0.39, 0.29) is 16.9 Å². The van der Waals surface area contributed by atoms with Crippen molar-refractivity contribution in [2.24, 2.45) is 0 Å². The second kappa shape index (κ2) is 4.83. The number of H-pyrrole nitrogens is 1. The van der Waals surface area contributed by atoms with Gasteiger partial charge in [0.15, 0.2) is 9.84 Å². The summed E-state index contributed by atoms with van der Waals surface area (Å²) in [6.45, 7) is 1.22. The van der Waals surface area contributed by atoms with Crippen molar-refractivity contribution in [3.63, 3.8) is 0 Å². The van der Waals surface area contributed by atoms with Crippen molar-refractivity contribution in [1.82, 2.24) is 15.3 Å². The first-order valence-electron chi connectivity index (χ1n) is 6.44. The van der Waals surface area contributed by atoms with Gasteiger partial charge in [0.2, 0.25) is 0 Å². The molecule has 0 amide bonds. The highest BCUT2D eigenvalue weighted by Gasteiger charge is 2.31. The van der Waals surface area contributed by atoms with Crippen molar-refractivity contribution in [1.29, 1.82) is 0 Å². The Morgan fingerprint density at radius 3 is 2.90 bits per heavy atom. The summed E-state index contributed by atoms with van der Waals surface area (Å²) in [6, 6.07) is 5.34. The minimum Gasteiger partial charge on any atom is -0.379 e. The zero-order valence-electron chi connectivity index (χ0n) is 11.4. The molecule has 1 saturated heterocycles. The van der Waals surface area contributed by atoms with Gasteiger partial charge in [0.05, 0.1) is 29.5 Å². The lowest BCUT2D eigenvalue weighted by atomic mass is 10.0. The molecule has 1 aliphatic rings. The molecule has 0 saturated carbocycles. The highest BCUT2D eigenvalue weighted by atomic mass is 32.2. The summed E-state index contributed by atoms with van der Waals surface area (Å²) in [5.41, 5.74) is 1.25. The third kappa shape index (κ3) is 2.21. The maximum Gasteiger partial charge on any atom is 0.177 e. The topological polar surface area (TPSA) is 84.1 Å². The predicted molar refractivity (Wildman–Crippen MR) is 75.6 cm³/mol. The predicted octanol–water partition coefficient (Wildman–Crippen LogP) is 0.668. The number of nitrogens with one attached hydrogen (secondary N) is 2. The fourth-order valence-electron chi connectivity index (χ4n) is 2.61. The first kappa shape index (κ1) is 13.5. The van der Waals surface area contributed by atoms with Crippen molar-refractivity contribution >= 4 is 20.9 Å². The second-order valence-corrected chi connectivity index (χ2v) is 7.07. The van der Waals surface area contributed by atoms with E-state index in [0.717, 1.165) is 11.3 Å². The molecule has 0 radical (unpaired) electrons. The van der Waals surface area contributed by atoms with Crippen LogP contribution in [0.1, 0.15) is 11.7 Å². The number of likely N-dealkylation sites (N-methyl/N-ethyl adjacent to an activating group) is 1. The minimum atomic E-state index is -3.29. The Labute approximate surface area is 117 Å². The monoisotopic (exact) mass is 295 g/mol. The Balaban J connectivity index is 2.12. The number of hydrogen-bond donors (Lipinski definition) is 2. The molecule has 3 rings (SSSR count). The number of imidazole rings is 1. The van der Waals surface area contributed by atoms with Crippen LogP contribution in [0.2, 0.25) is 0 Å². The smallest absolute Gasteiger partial charge is 0.177 e. The van der Waals surface area contributed by atoms with Crippen LogP contribution in [0.3, 0.4) is 0 Å². The van der Waals surface area contributed by atoms with Crippen LogP contribution in [-0.2, 0) is 14.6 Å². The number of hydrogen-bond acceptors (Lipinski definition) is 5. The van der Waals surface area contributed by atoms with E-state index in [2.05, 4.69) is 15.3 Å². The van der Waals surface area contributed by atoms with Crippen molar-refractivity contribution in [2.75, 3.05) is 26.5 Å². The van der Waals surface area contributed by atoms with E-state index in [4.69, 9.17) is 4.74 Å². The van der Waals surface area contributed by atoms with Crippen molar-refractivity contribution in [2.45, 2.75) is 16.9 Å². The average molecular weight is 295 g/mol. The summed E-state index contributed by atoms with van der Waals surface area (Å²) < 4.78 is 29.1. The van der Waals surface area contributed by atoms with Crippen LogP contribution in [-0.4, -0.2) is 50.9 Å². The van der Waals surface area contributed by atoms with Gasteiger partial charge in [0, 0.05) is 12.3 Å². The Morgan fingerprint density at radius 1 is 1.40 bits per heavy atom. The number of sulfone groups is 1. The summed E-state index contributed by atoms with van der Waals surface area (Å²) >= 11 is 0. The van der Waals surface area contributed by atoms with Gasteiger partial charge >= 0.3 is 0 Å². The normalized spacial score (nSPS) is 23.5. The lowest BCUT2D eigenvalue weighted by Gasteiger charge is -2.13. The maximum atomic E-state index is 11.8. The zero-order valence-corrected chi connectivity index (χ0v) is 12.2. The molecule has 6 nitrogen and oxygen atoms in total. The van der Waals surface area contributed by atoms with Gasteiger partial charge in [-0.25, -0.2) is 13.4 Å². The molecule has 0 aliphatic carbocycles. The maximum absolute atomic E-state index is 11.8. The number of aromatic nitrogens is 2. The number of ether oxygens (including phenoxy) is 1. The van der Waals surface area contributed by atoms with Gasteiger partial charge in [-0.2, -0.15) is 0 Å². The average Bonchev–Trinajstić information content (AvgIpc) is 3.02. The second-order valence-electron chi connectivity index (χ2n) is 5.09. The van der Waals surface area contributed by atoms with E-state index in [1.807, 2.05) is 13.1 Å². The number of para-hydroxylation sites is 1. The third-order valence-electron chi connectivity index (χ3n) is 3.70. The SMILES string of the molecule is CNC1COCC1c1nc2c(S(C)(=O)=O)cccc2[nH]1. The van der Waals surface area contributed by atoms with Gasteiger partial charge in [0.25, 0.3) is 0 Å². The number of rotatable bonds is 3. The zero-order chi connectivity index (χ0) is 14.3. The summed E-state index contributed by atoms with van der Waals surface area (Å²) in [4.78, 5) is 7.98. The van der Waals surface area contributed by atoms with E-state index in [9.17, 15) is 8.42 Å². The quantitative estimate of drug-likeness (QED) is 0.869. The van der Waals surface area contributed by atoms with E-state index < -0.39 is 9.84 Å². The molecule has 2 atom stereocenters. The van der Waals surface area contributed by atoms with Gasteiger partial charge < -0.3 is 15.0 Å². The molecule has 1 aliphatic heterocycles. The van der Waals surface area contributed by atoms with Gasteiger partial charge in [0.1, 0.15) is 11.3 Å². The van der Waals surface area contributed by atoms with Crippen LogP contribution >= 0.6 is 0 Å². The fraction of sp³-hybridized carbons (Fsp3) is 0.462. The number of fused-ring (bicyclic) bond motifs is 1. The molecule has 2 unspecified atom stereocenters. The largest absolute Gasteiger partial charge is 0.379 e. The summed E-state index contributed by atoms with van der Waals surface area (Å²) in [5.74, 6) is 0.882. The van der Waals surface area contributed by atoms with E-state index in [1.165, 1.54) is 6.26 Å². The molecular weight excluding hydrogens is 278 g/mol. The first-order chi connectivity index (χ1) is 9.50. The molecule has 2 heterocycles. The third-order valence-corrected chi connectivity index (χ3v) is 4.82. The minimum absolute atomic E-state index is 0.111. The summed E-state index contributed by atoms with van der Waals surface area (Å²) in [5, 5.41) is 3.20. The molecule has 108 valence electrons. The number of aromatic amines is 1. The lowest BCUT2D eigenvalue weighted by Crippen LogP contribution is -2.31. The van der Waals surface area contributed by atoms with E-state index in [0.29, 0.717) is 18.7 Å². The van der Waals surface area contributed by atoms with Crippen LogP contribution < -0.4 is 5.32 Å². The standard InChI is InChI=1S/C13H17N3O3S/c1-14-10-7-19-6-8(10)13-15-9-4-3-5-11(12(9)16-13)20(2,17)18/h3-5,8,10,14H,6-7H2,1-2H3,(H,15,16). The summed E-state index contributed by atoms with van der Waals surface area (Å²) in [6.07, 6.45) is 1.20. The van der Waals surface area contributed by atoms with Gasteiger partial charge in [-0.1, -0.05) is 6.07 Å². The number of nitrogens with zero attached hydrogens (tertiary/aromatic N) is 1. The van der Waals surface area contributed by atoms with Crippen LogP contribution in [0.5, 0.6) is 0 Å². The van der Waals surface area contributed by atoms with Crippen molar-refractivity contribution in [3.05, 3.63) is 24.0 Å². The molecule has 2 aromatic rings. The molecule has 1 fully saturated rings. The number of benzene rings is 1. The van der Waals surface area contributed by atoms with E-state index >= 15 is 0 Å². The Kier molecular flexibility index (Phi) is 3.27. The van der Waals surface area contributed by atoms with Gasteiger partial charge in [-0.05, 0) is 19.2 Å². The highest BCUT2D eigenvalue weighted by Crippen LogP contribution is 2.28. The fourth-order valence-corrected chi connectivity index (χ4v) is 3.44. The van der Waals surface area contributed by atoms with Crippen LogP contribution in [0.15, 0.2) is 23.1 Å². The molecule has 7 heteroatoms. The van der Waals surface area contributed by atoms with Crippen molar-refractivity contribution in [3.8, 4) is 0 Å². The molecular formula is C13H17N3O3S. The van der Waals surface area contributed by atoms with Crippen LogP contribution in [0, 0.1) is 0 Å². The Hall–Kier alpha value is -1.44. The molecule has 2 N–H and O–H groups in total. The van der Waals surface area contributed by atoms with Crippen LogP contribution in [0.4, 0.5) is 0 Å². The first-order valence-corrected chi connectivity index (χ1v) is 8.33. The Bertz CT molecular complexity index is 738. The molecule has 20 heavy (non-hydrogen) atoms. The molecule has 0 spiro atoms. The van der Waals surface area contributed by atoms with Gasteiger partial charge in [-0.15, -0.1) is 0 Å². The summed E-state index contributed by atoms with van der Waals surface area (Å²) in [7, 11) is -1.40. The Morgan fingerprint density at radius 2 is 2.20 bits per heavy atom. The van der Waals surface area contributed by atoms with E-state index in [1.54, 1.807) is 12.1 Å².